The summed E-state index contributed by atoms with van der Waals surface area (Å²) >= 11 is 0. The second-order valence-corrected chi connectivity index (χ2v) is 3.02. The minimum absolute atomic E-state index is 0.303. The summed E-state index contributed by atoms with van der Waals surface area (Å²) in [7, 11) is 1.86. The van der Waals surface area contributed by atoms with E-state index in [2.05, 4.69) is 10.2 Å². The van der Waals surface area contributed by atoms with Crippen LogP contribution >= 0.6 is 0 Å². The van der Waals surface area contributed by atoms with Crippen molar-refractivity contribution >= 4 is 0 Å². The topological polar surface area (TPSA) is 35.6 Å². The molecule has 14 heavy (non-hydrogen) atoms. The number of hydrogen-bond donors (Lipinski definition) is 0. The highest BCUT2D eigenvalue weighted by molar-refractivity contribution is 5.56. The van der Waals surface area contributed by atoms with Crippen molar-refractivity contribution in [3.05, 3.63) is 24.7 Å². The Balaban J connectivity index is 2.29. The molecule has 0 aliphatic carbocycles. The van der Waals surface area contributed by atoms with Gasteiger partial charge in [0.2, 0.25) is 0 Å². The fraction of sp³-hybridized carbons (Fsp3) is 0.333. The predicted octanol–water partition coefficient (Wildman–Crippen LogP) is 1.25. The Kier molecular flexibility index (Phi) is 2.30. The largest absolute Gasteiger partial charge is 0.269 e. The van der Waals surface area contributed by atoms with Gasteiger partial charge in [0, 0.05) is 25.0 Å². The average molecular weight is 194 g/mol. The van der Waals surface area contributed by atoms with Crippen molar-refractivity contribution < 1.29 is 4.39 Å². The highest BCUT2D eigenvalue weighted by atomic mass is 19.1. The lowest BCUT2D eigenvalue weighted by atomic mass is 10.2. The number of rotatable bonds is 3. The van der Waals surface area contributed by atoms with Crippen molar-refractivity contribution in [3.63, 3.8) is 0 Å². The molecule has 5 heteroatoms. The van der Waals surface area contributed by atoms with Gasteiger partial charge in [-0.1, -0.05) is 0 Å². The van der Waals surface area contributed by atoms with Gasteiger partial charge in [-0.2, -0.15) is 10.2 Å². The Labute approximate surface area is 81.0 Å². The van der Waals surface area contributed by atoms with E-state index in [-0.39, 0.29) is 0 Å². The molecule has 0 saturated carbocycles. The molecule has 0 bridgehead atoms. The first kappa shape index (κ1) is 8.93. The molecule has 2 aromatic heterocycles. The van der Waals surface area contributed by atoms with Crippen molar-refractivity contribution in [1.82, 2.24) is 19.6 Å². The number of aromatic nitrogens is 4. The third kappa shape index (κ3) is 1.53. The molecule has 0 amide bonds. The van der Waals surface area contributed by atoms with E-state index in [1.165, 1.54) is 0 Å². The van der Waals surface area contributed by atoms with Gasteiger partial charge in [0.25, 0.3) is 0 Å². The smallest absolute Gasteiger partial charge is 0.109 e. The molecule has 0 aliphatic rings. The van der Waals surface area contributed by atoms with Crippen molar-refractivity contribution in [1.29, 1.82) is 0 Å². The summed E-state index contributed by atoms with van der Waals surface area (Å²) in [5.74, 6) is 0. The van der Waals surface area contributed by atoms with Gasteiger partial charge in [-0.3, -0.25) is 9.36 Å². The van der Waals surface area contributed by atoms with Crippen LogP contribution in [0.3, 0.4) is 0 Å². The fourth-order valence-corrected chi connectivity index (χ4v) is 1.36. The van der Waals surface area contributed by atoms with Gasteiger partial charge in [0.1, 0.15) is 6.67 Å². The second-order valence-electron chi connectivity index (χ2n) is 3.02. The molecule has 2 aromatic rings. The van der Waals surface area contributed by atoms with Crippen molar-refractivity contribution in [2.75, 3.05) is 6.67 Å². The molecule has 0 saturated heterocycles. The van der Waals surface area contributed by atoms with Gasteiger partial charge in [0.15, 0.2) is 0 Å². The molecule has 0 N–H and O–H groups in total. The molecule has 74 valence electrons. The van der Waals surface area contributed by atoms with E-state index < -0.39 is 6.67 Å². The number of hydrogen-bond acceptors (Lipinski definition) is 2. The van der Waals surface area contributed by atoms with Crippen LogP contribution in [0.1, 0.15) is 0 Å². The molecule has 0 atom stereocenters. The third-order valence-corrected chi connectivity index (χ3v) is 2.06. The van der Waals surface area contributed by atoms with E-state index in [1.54, 1.807) is 21.8 Å². The summed E-state index contributed by atoms with van der Waals surface area (Å²) in [5, 5.41) is 8.09. The molecule has 0 aliphatic heterocycles. The van der Waals surface area contributed by atoms with Gasteiger partial charge in [0.05, 0.1) is 18.4 Å². The maximum absolute atomic E-state index is 12.0. The Morgan fingerprint density at radius 3 is 2.93 bits per heavy atom. The van der Waals surface area contributed by atoms with E-state index in [1.807, 2.05) is 19.3 Å². The van der Waals surface area contributed by atoms with Gasteiger partial charge in [-0.25, -0.2) is 4.39 Å². The lowest BCUT2D eigenvalue weighted by Crippen LogP contribution is -1.99. The van der Waals surface area contributed by atoms with E-state index in [0.29, 0.717) is 6.54 Å². The first-order valence-corrected chi connectivity index (χ1v) is 4.38. The maximum Gasteiger partial charge on any atom is 0.109 e. The van der Waals surface area contributed by atoms with E-state index >= 15 is 0 Å². The number of halogens is 1. The lowest BCUT2D eigenvalue weighted by Gasteiger charge is -1.96. The van der Waals surface area contributed by atoms with E-state index in [9.17, 15) is 4.39 Å². The van der Waals surface area contributed by atoms with Crippen LogP contribution < -0.4 is 0 Å². The van der Waals surface area contributed by atoms with Crippen LogP contribution in [-0.2, 0) is 13.6 Å². The monoisotopic (exact) mass is 194 g/mol. The minimum Gasteiger partial charge on any atom is -0.269 e. The zero-order chi connectivity index (χ0) is 9.97. The molecular formula is C9H11FN4. The van der Waals surface area contributed by atoms with Gasteiger partial charge < -0.3 is 0 Å². The van der Waals surface area contributed by atoms with Gasteiger partial charge in [-0.15, -0.1) is 0 Å². The normalized spacial score (nSPS) is 10.7. The summed E-state index contributed by atoms with van der Waals surface area (Å²) in [6, 6.07) is 1.90. The summed E-state index contributed by atoms with van der Waals surface area (Å²) in [4.78, 5) is 0. The number of alkyl halides is 1. The number of nitrogens with zero attached hydrogens (tertiary/aromatic N) is 4. The summed E-state index contributed by atoms with van der Waals surface area (Å²) in [6.45, 7) is -0.0929. The van der Waals surface area contributed by atoms with Crippen LogP contribution in [0.15, 0.2) is 24.7 Å². The predicted molar refractivity (Wildman–Crippen MR) is 50.4 cm³/mol. The Morgan fingerprint density at radius 2 is 2.29 bits per heavy atom. The number of aryl methyl sites for hydroxylation is 2. The fourth-order valence-electron chi connectivity index (χ4n) is 1.36. The highest BCUT2D eigenvalue weighted by Gasteiger charge is 2.04. The maximum atomic E-state index is 12.0. The quantitative estimate of drug-likeness (QED) is 0.737. The van der Waals surface area contributed by atoms with Crippen molar-refractivity contribution in [3.8, 4) is 11.3 Å². The molecular weight excluding hydrogens is 183 g/mol. The summed E-state index contributed by atoms with van der Waals surface area (Å²) in [6.07, 6.45) is 5.26. The third-order valence-electron chi connectivity index (χ3n) is 2.06. The van der Waals surface area contributed by atoms with Gasteiger partial charge in [-0.05, 0) is 6.07 Å². The lowest BCUT2D eigenvalue weighted by molar-refractivity contribution is 0.427. The van der Waals surface area contributed by atoms with Crippen LogP contribution in [-0.4, -0.2) is 26.2 Å². The van der Waals surface area contributed by atoms with E-state index in [4.69, 9.17) is 0 Å². The summed E-state index contributed by atoms with van der Waals surface area (Å²) in [5.41, 5.74) is 1.94. The Hall–Kier alpha value is -1.65. The summed E-state index contributed by atoms with van der Waals surface area (Å²) < 4.78 is 15.4. The second kappa shape index (κ2) is 3.61. The molecule has 0 unspecified atom stereocenters. The molecule has 0 aromatic carbocycles. The molecule has 2 heterocycles. The van der Waals surface area contributed by atoms with Crippen molar-refractivity contribution in [2.45, 2.75) is 6.54 Å². The van der Waals surface area contributed by atoms with Crippen molar-refractivity contribution in [2.24, 2.45) is 7.05 Å². The van der Waals surface area contributed by atoms with Crippen LogP contribution in [0, 0.1) is 0 Å². The molecule has 2 rings (SSSR count). The van der Waals surface area contributed by atoms with E-state index in [0.717, 1.165) is 11.3 Å². The highest BCUT2D eigenvalue weighted by Crippen LogP contribution is 2.16. The first-order chi connectivity index (χ1) is 6.81. The average Bonchev–Trinajstić information content (AvgIpc) is 2.74. The standard InChI is InChI=1S/C9H11FN4/c1-13-9(2-4-11-13)8-6-12-14(7-8)5-3-10/h2,4,6-7H,3,5H2,1H3. The minimum atomic E-state index is -0.396. The Bertz CT molecular complexity index is 418. The Morgan fingerprint density at radius 1 is 1.43 bits per heavy atom. The molecule has 0 radical (unpaired) electrons. The SMILES string of the molecule is Cn1nccc1-c1cnn(CCF)c1. The van der Waals surface area contributed by atoms with Crippen LogP contribution in [0.4, 0.5) is 4.39 Å². The first-order valence-electron chi connectivity index (χ1n) is 4.38. The van der Waals surface area contributed by atoms with Crippen LogP contribution in [0.2, 0.25) is 0 Å². The zero-order valence-electron chi connectivity index (χ0n) is 7.89. The zero-order valence-corrected chi connectivity index (χ0v) is 7.89. The molecule has 4 nitrogen and oxygen atoms in total. The molecule has 0 spiro atoms. The van der Waals surface area contributed by atoms with Crippen LogP contribution in [0.25, 0.3) is 11.3 Å². The van der Waals surface area contributed by atoms with Crippen LogP contribution in [0.5, 0.6) is 0 Å². The van der Waals surface area contributed by atoms with Gasteiger partial charge >= 0.3 is 0 Å². The molecule has 0 fully saturated rings.